The van der Waals surface area contributed by atoms with Crippen LogP contribution in [0.1, 0.15) is 10.7 Å². The molecule has 0 spiro atoms. The fourth-order valence-electron chi connectivity index (χ4n) is 1.95. The summed E-state index contributed by atoms with van der Waals surface area (Å²) in [6, 6.07) is 6.33. The molecule has 5 heteroatoms. The molecule has 0 saturated carbocycles. The molecular weight excluding hydrogens is 262 g/mol. The van der Waals surface area contributed by atoms with Crippen LogP contribution in [0.5, 0.6) is 0 Å². The first kappa shape index (κ1) is 11.6. The third-order valence-corrected chi connectivity index (χ3v) is 4.42. The Morgan fingerprint density at radius 1 is 1.17 bits per heavy atom. The van der Waals surface area contributed by atoms with E-state index in [2.05, 4.69) is 50.9 Å². The van der Waals surface area contributed by atoms with Gasteiger partial charge in [0.25, 0.3) is 0 Å². The molecule has 3 rings (SSSR count). The first-order chi connectivity index (χ1) is 8.74. The largest absolute Gasteiger partial charge is 0.354 e. The van der Waals surface area contributed by atoms with Crippen LogP contribution in [-0.4, -0.2) is 17.0 Å². The first-order valence-electron chi connectivity index (χ1n) is 5.69. The van der Waals surface area contributed by atoms with Gasteiger partial charge in [-0.1, -0.05) is 6.07 Å². The van der Waals surface area contributed by atoms with Crippen LogP contribution in [0.3, 0.4) is 0 Å². The van der Waals surface area contributed by atoms with Crippen molar-refractivity contribution in [3.8, 4) is 0 Å². The zero-order chi connectivity index (χ0) is 12.5. The second-order valence-corrected chi connectivity index (χ2v) is 6.10. The maximum Gasteiger partial charge on any atom is 0.141 e. The molecule has 18 heavy (non-hydrogen) atoms. The average Bonchev–Trinajstić information content (AvgIpc) is 2.97. The summed E-state index contributed by atoms with van der Waals surface area (Å²) in [6.45, 7) is 2.83. The number of fused-ring (bicyclic) bond motifs is 1. The van der Waals surface area contributed by atoms with Gasteiger partial charge in [-0.05, 0) is 29.8 Å². The number of aryl methyl sites for hydroxylation is 1. The van der Waals surface area contributed by atoms with E-state index >= 15 is 0 Å². The van der Waals surface area contributed by atoms with Crippen molar-refractivity contribution in [2.75, 3.05) is 11.9 Å². The second-order valence-electron chi connectivity index (χ2n) is 4.17. The van der Waals surface area contributed by atoms with E-state index in [0.717, 1.165) is 28.4 Å². The molecule has 3 aromatic rings. The van der Waals surface area contributed by atoms with Gasteiger partial charge in [0.1, 0.15) is 16.5 Å². The summed E-state index contributed by atoms with van der Waals surface area (Å²) < 4.78 is 0. The van der Waals surface area contributed by atoms with Crippen molar-refractivity contribution in [1.29, 1.82) is 0 Å². The van der Waals surface area contributed by atoms with Gasteiger partial charge in [0.15, 0.2) is 0 Å². The van der Waals surface area contributed by atoms with E-state index in [1.807, 2.05) is 6.92 Å². The standard InChI is InChI=1S/C13H13N3S2/c1-9-14-12(11-5-7-18-13(11)15-9)16(2)8-10-4-3-6-17-10/h3-7H,8H2,1-2H3. The van der Waals surface area contributed by atoms with Gasteiger partial charge in [0.05, 0.1) is 11.9 Å². The van der Waals surface area contributed by atoms with Crippen LogP contribution in [0.4, 0.5) is 5.82 Å². The molecule has 3 nitrogen and oxygen atoms in total. The van der Waals surface area contributed by atoms with E-state index in [4.69, 9.17) is 0 Å². The van der Waals surface area contributed by atoms with Crippen molar-refractivity contribution < 1.29 is 0 Å². The van der Waals surface area contributed by atoms with Crippen LogP contribution >= 0.6 is 22.7 Å². The maximum atomic E-state index is 4.58. The number of aromatic nitrogens is 2. The highest BCUT2D eigenvalue weighted by Crippen LogP contribution is 2.28. The predicted octanol–water partition coefficient (Wildman–Crippen LogP) is 3.70. The quantitative estimate of drug-likeness (QED) is 0.730. The molecule has 0 aliphatic carbocycles. The van der Waals surface area contributed by atoms with E-state index in [0.29, 0.717) is 0 Å². The lowest BCUT2D eigenvalue weighted by Gasteiger charge is -2.18. The van der Waals surface area contributed by atoms with Gasteiger partial charge in [-0.25, -0.2) is 9.97 Å². The SMILES string of the molecule is Cc1nc(N(C)Cc2cccs2)c2ccsc2n1. The van der Waals surface area contributed by atoms with Crippen LogP contribution in [0.25, 0.3) is 10.2 Å². The Morgan fingerprint density at radius 3 is 2.83 bits per heavy atom. The first-order valence-corrected chi connectivity index (χ1v) is 7.45. The zero-order valence-electron chi connectivity index (χ0n) is 10.3. The van der Waals surface area contributed by atoms with Gasteiger partial charge < -0.3 is 4.90 Å². The van der Waals surface area contributed by atoms with Crippen LogP contribution in [-0.2, 0) is 6.54 Å². The summed E-state index contributed by atoms with van der Waals surface area (Å²) >= 11 is 3.44. The molecule has 0 atom stereocenters. The summed E-state index contributed by atoms with van der Waals surface area (Å²) in [5.74, 6) is 1.85. The minimum atomic E-state index is 0.831. The number of hydrogen-bond donors (Lipinski definition) is 0. The molecule has 0 fully saturated rings. The number of rotatable bonds is 3. The molecule has 0 amide bonds. The Bertz CT molecular complexity index is 658. The van der Waals surface area contributed by atoms with Crippen molar-refractivity contribution in [1.82, 2.24) is 9.97 Å². The molecular formula is C13H13N3S2. The Hall–Kier alpha value is -1.46. The van der Waals surface area contributed by atoms with Gasteiger partial charge in [-0.2, -0.15) is 0 Å². The molecule has 0 radical (unpaired) electrons. The number of nitrogens with zero attached hydrogens (tertiary/aromatic N) is 3. The van der Waals surface area contributed by atoms with E-state index in [9.17, 15) is 0 Å². The molecule has 0 aromatic carbocycles. The van der Waals surface area contributed by atoms with Crippen molar-refractivity contribution in [2.45, 2.75) is 13.5 Å². The molecule has 3 aromatic heterocycles. The Kier molecular flexibility index (Phi) is 3.01. The number of hydrogen-bond acceptors (Lipinski definition) is 5. The lowest BCUT2D eigenvalue weighted by atomic mass is 10.3. The Labute approximate surface area is 114 Å². The van der Waals surface area contributed by atoms with Gasteiger partial charge >= 0.3 is 0 Å². The third-order valence-electron chi connectivity index (χ3n) is 2.75. The topological polar surface area (TPSA) is 29.0 Å². The second kappa shape index (κ2) is 4.66. The smallest absolute Gasteiger partial charge is 0.141 e. The predicted molar refractivity (Wildman–Crippen MR) is 78.6 cm³/mol. The number of thiophene rings is 2. The maximum absolute atomic E-state index is 4.58. The summed E-state index contributed by atoms with van der Waals surface area (Å²) in [5, 5.41) is 5.32. The fourth-order valence-corrected chi connectivity index (χ4v) is 3.51. The fraction of sp³-hybridized carbons (Fsp3) is 0.231. The highest BCUT2D eigenvalue weighted by Gasteiger charge is 2.11. The van der Waals surface area contributed by atoms with Crippen molar-refractivity contribution in [3.05, 3.63) is 39.7 Å². The minimum absolute atomic E-state index is 0.831. The third kappa shape index (κ3) is 2.11. The molecule has 0 aliphatic rings. The Balaban J connectivity index is 2.00. The molecule has 0 unspecified atom stereocenters. The molecule has 92 valence electrons. The van der Waals surface area contributed by atoms with E-state index < -0.39 is 0 Å². The highest BCUT2D eigenvalue weighted by atomic mass is 32.1. The Morgan fingerprint density at radius 2 is 2.06 bits per heavy atom. The molecule has 0 bridgehead atoms. The monoisotopic (exact) mass is 275 g/mol. The average molecular weight is 275 g/mol. The van der Waals surface area contributed by atoms with Gasteiger partial charge in [0, 0.05) is 11.9 Å². The summed E-state index contributed by atoms with van der Waals surface area (Å²) in [6.07, 6.45) is 0. The minimum Gasteiger partial charge on any atom is -0.354 e. The molecule has 3 heterocycles. The lowest BCUT2D eigenvalue weighted by Crippen LogP contribution is -2.17. The normalized spacial score (nSPS) is 11.0. The van der Waals surface area contributed by atoms with E-state index in [1.54, 1.807) is 22.7 Å². The highest BCUT2D eigenvalue weighted by molar-refractivity contribution is 7.16. The molecule has 0 aliphatic heterocycles. The van der Waals surface area contributed by atoms with Crippen LogP contribution in [0.15, 0.2) is 29.0 Å². The summed E-state index contributed by atoms with van der Waals surface area (Å²) in [4.78, 5) is 13.6. The van der Waals surface area contributed by atoms with Gasteiger partial charge in [0.2, 0.25) is 0 Å². The molecule has 0 N–H and O–H groups in total. The summed E-state index contributed by atoms with van der Waals surface area (Å²) in [5.41, 5.74) is 0. The zero-order valence-corrected chi connectivity index (χ0v) is 11.9. The van der Waals surface area contributed by atoms with Crippen LogP contribution in [0, 0.1) is 6.92 Å². The van der Waals surface area contributed by atoms with Gasteiger partial charge in [-0.15, -0.1) is 22.7 Å². The van der Waals surface area contributed by atoms with E-state index in [1.165, 1.54) is 4.88 Å². The number of anilines is 1. The van der Waals surface area contributed by atoms with Crippen molar-refractivity contribution in [3.63, 3.8) is 0 Å². The van der Waals surface area contributed by atoms with Gasteiger partial charge in [-0.3, -0.25) is 0 Å². The van der Waals surface area contributed by atoms with E-state index in [-0.39, 0.29) is 0 Å². The van der Waals surface area contributed by atoms with Crippen LogP contribution < -0.4 is 4.90 Å². The van der Waals surface area contributed by atoms with Crippen molar-refractivity contribution >= 4 is 38.7 Å². The van der Waals surface area contributed by atoms with Crippen molar-refractivity contribution in [2.24, 2.45) is 0 Å². The lowest BCUT2D eigenvalue weighted by molar-refractivity contribution is 0.905. The summed E-state index contributed by atoms with van der Waals surface area (Å²) in [7, 11) is 2.08. The molecule has 0 saturated heterocycles. The van der Waals surface area contributed by atoms with Crippen LogP contribution in [0.2, 0.25) is 0 Å².